The minimum atomic E-state index is 1.10. The molecule has 4 nitrogen and oxygen atoms in total. The highest BCUT2D eigenvalue weighted by Gasteiger charge is 2.08. The molecule has 0 radical (unpaired) electrons. The van der Waals surface area contributed by atoms with Crippen molar-refractivity contribution in [1.82, 2.24) is 20.0 Å². The summed E-state index contributed by atoms with van der Waals surface area (Å²) in [5.41, 5.74) is 3.91. The zero-order valence-corrected chi connectivity index (χ0v) is 12.6. The molecule has 0 aromatic carbocycles. The summed E-state index contributed by atoms with van der Waals surface area (Å²) in [5, 5.41) is 7.95. The first kappa shape index (κ1) is 15.2. The first-order valence-corrected chi connectivity index (χ1v) is 6.87. The van der Waals surface area contributed by atoms with Crippen LogP contribution in [0.5, 0.6) is 0 Å². The van der Waals surface area contributed by atoms with E-state index in [1.807, 2.05) is 11.7 Å². The quantitative estimate of drug-likeness (QED) is 0.712. The van der Waals surface area contributed by atoms with Gasteiger partial charge in [0.15, 0.2) is 0 Å². The topological polar surface area (TPSA) is 33.1 Å². The molecule has 1 heterocycles. The summed E-state index contributed by atoms with van der Waals surface area (Å²) < 4.78 is 1.98. The monoisotopic (exact) mass is 252 g/mol. The Kier molecular flexibility index (Phi) is 6.36. The van der Waals surface area contributed by atoms with Crippen molar-refractivity contribution in [2.75, 3.05) is 33.7 Å². The van der Waals surface area contributed by atoms with E-state index in [0.717, 1.165) is 26.1 Å². The van der Waals surface area contributed by atoms with Crippen LogP contribution in [0.3, 0.4) is 0 Å². The van der Waals surface area contributed by atoms with Gasteiger partial charge >= 0.3 is 0 Å². The Morgan fingerprint density at radius 3 is 2.39 bits per heavy atom. The first-order valence-electron chi connectivity index (χ1n) is 6.87. The summed E-state index contributed by atoms with van der Waals surface area (Å²) in [6.45, 7) is 7.63. The van der Waals surface area contributed by atoms with Crippen molar-refractivity contribution in [3.05, 3.63) is 17.0 Å². The lowest BCUT2D eigenvalue weighted by molar-refractivity contribution is 0.394. The SMILES string of the molecule is Cc1nn(C)c(C)c1CCCNCCCN(C)C. The van der Waals surface area contributed by atoms with Gasteiger partial charge in [-0.25, -0.2) is 0 Å². The summed E-state index contributed by atoms with van der Waals surface area (Å²) in [5.74, 6) is 0. The van der Waals surface area contributed by atoms with Crippen molar-refractivity contribution < 1.29 is 0 Å². The smallest absolute Gasteiger partial charge is 0.0628 e. The Hall–Kier alpha value is -0.870. The zero-order valence-electron chi connectivity index (χ0n) is 12.6. The maximum Gasteiger partial charge on any atom is 0.0628 e. The molecule has 104 valence electrons. The Morgan fingerprint density at radius 1 is 1.17 bits per heavy atom. The van der Waals surface area contributed by atoms with Crippen molar-refractivity contribution >= 4 is 0 Å². The molecule has 0 amide bonds. The Balaban J connectivity index is 2.14. The number of nitrogens with one attached hydrogen (secondary N) is 1. The second kappa shape index (κ2) is 7.54. The lowest BCUT2D eigenvalue weighted by Crippen LogP contribution is -2.22. The van der Waals surface area contributed by atoms with E-state index in [4.69, 9.17) is 0 Å². The number of rotatable bonds is 8. The predicted octanol–water partition coefficient (Wildman–Crippen LogP) is 1.51. The van der Waals surface area contributed by atoms with E-state index in [1.54, 1.807) is 0 Å². The van der Waals surface area contributed by atoms with E-state index >= 15 is 0 Å². The normalized spacial score (nSPS) is 11.4. The molecule has 0 aliphatic carbocycles. The van der Waals surface area contributed by atoms with E-state index in [1.165, 1.54) is 29.8 Å². The van der Waals surface area contributed by atoms with Gasteiger partial charge in [0, 0.05) is 12.7 Å². The zero-order chi connectivity index (χ0) is 13.5. The molecule has 0 atom stereocenters. The molecule has 0 saturated heterocycles. The molecule has 0 saturated carbocycles. The van der Waals surface area contributed by atoms with Crippen LogP contribution in [0.15, 0.2) is 0 Å². The Labute approximate surface area is 111 Å². The van der Waals surface area contributed by atoms with Crippen LogP contribution in [0, 0.1) is 13.8 Å². The standard InChI is InChI=1S/C14H28N4/c1-12-14(13(2)18(5)16-12)8-6-9-15-10-7-11-17(3)4/h15H,6-11H2,1-5H3. The molecule has 0 fully saturated rings. The summed E-state index contributed by atoms with van der Waals surface area (Å²) >= 11 is 0. The molecule has 1 aromatic rings. The Bertz CT molecular complexity index is 355. The number of hydrogen-bond acceptors (Lipinski definition) is 3. The van der Waals surface area contributed by atoms with E-state index in [2.05, 4.69) is 43.3 Å². The molecule has 1 aromatic heterocycles. The molecule has 0 aliphatic heterocycles. The van der Waals surface area contributed by atoms with E-state index in [0.29, 0.717) is 0 Å². The first-order chi connectivity index (χ1) is 8.52. The molecule has 1 rings (SSSR count). The molecule has 0 spiro atoms. The number of aromatic nitrogens is 2. The third-order valence-electron chi connectivity index (χ3n) is 3.40. The maximum atomic E-state index is 4.45. The van der Waals surface area contributed by atoms with Crippen LogP contribution in [0.4, 0.5) is 0 Å². The van der Waals surface area contributed by atoms with E-state index in [9.17, 15) is 0 Å². The van der Waals surface area contributed by atoms with Crippen LogP contribution >= 0.6 is 0 Å². The molecule has 4 heteroatoms. The van der Waals surface area contributed by atoms with Gasteiger partial charge in [-0.15, -0.1) is 0 Å². The van der Waals surface area contributed by atoms with Gasteiger partial charge in [-0.1, -0.05) is 0 Å². The van der Waals surface area contributed by atoms with Gasteiger partial charge in [-0.3, -0.25) is 4.68 Å². The summed E-state index contributed by atoms with van der Waals surface area (Å²) in [6.07, 6.45) is 3.54. The van der Waals surface area contributed by atoms with Crippen LogP contribution in [0.1, 0.15) is 29.8 Å². The summed E-state index contributed by atoms with van der Waals surface area (Å²) in [4.78, 5) is 2.23. The fourth-order valence-electron chi connectivity index (χ4n) is 2.21. The molecular weight excluding hydrogens is 224 g/mol. The van der Waals surface area contributed by atoms with E-state index in [-0.39, 0.29) is 0 Å². The van der Waals surface area contributed by atoms with Gasteiger partial charge in [0.2, 0.25) is 0 Å². The average Bonchev–Trinajstić information content (AvgIpc) is 2.53. The predicted molar refractivity (Wildman–Crippen MR) is 77.0 cm³/mol. The highest BCUT2D eigenvalue weighted by Crippen LogP contribution is 2.13. The highest BCUT2D eigenvalue weighted by molar-refractivity contribution is 5.24. The van der Waals surface area contributed by atoms with Gasteiger partial charge in [0.05, 0.1) is 5.69 Å². The second-order valence-corrected chi connectivity index (χ2v) is 5.28. The summed E-state index contributed by atoms with van der Waals surface area (Å²) in [6, 6.07) is 0. The third-order valence-corrected chi connectivity index (χ3v) is 3.40. The van der Waals surface area contributed by atoms with Crippen LogP contribution in [0.2, 0.25) is 0 Å². The summed E-state index contributed by atoms with van der Waals surface area (Å²) in [7, 11) is 6.26. The largest absolute Gasteiger partial charge is 0.317 e. The van der Waals surface area contributed by atoms with Crippen molar-refractivity contribution in [2.24, 2.45) is 7.05 Å². The van der Waals surface area contributed by atoms with Crippen LogP contribution in [0.25, 0.3) is 0 Å². The minimum absolute atomic E-state index is 1.10. The fourth-order valence-corrected chi connectivity index (χ4v) is 2.21. The van der Waals surface area contributed by atoms with Crippen molar-refractivity contribution in [3.8, 4) is 0 Å². The number of aryl methyl sites for hydroxylation is 2. The van der Waals surface area contributed by atoms with E-state index < -0.39 is 0 Å². The Morgan fingerprint density at radius 2 is 1.83 bits per heavy atom. The van der Waals surface area contributed by atoms with Crippen molar-refractivity contribution in [2.45, 2.75) is 33.1 Å². The van der Waals surface area contributed by atoms with Gasteiger partial charge < -0.3 is 10.2 Å². The van der Waals surface area contributed by atoms with Crippen molar-refractivity contribution in [3.63, 3.8) is 0 Å². The van der Waals surface area contributed by atoms with Gasteiger partial charge in [0.25, 0.3) is 0 Å². The molecule has 0 aliphatic rings. The molecular formula is C14H28N4. The van der Waals surface area contributed by atoms with Crippen LogP contribution in [-0.2, 0) is 13.5 Å². The third kappa shape index (κ3) is 4.78. The van der Waals surface area contributed by atoms with Crippen LogP contribution in [-0.4, -0.2) is 48.4 Å². The lowest BCUT2D eigenvalue weighted by atomic mass is 10.1. The highest BCUT2D eigenvalue weighted by atomic mass is 15.3. The average molecular weight is 252 g/mol. The lowest BCUT2D eigenvalue weighted by Gasteiger charge is -2.09. The second-order valence-electron chi connectivity index (χ2n) is 5.28. The fraction of sp³-hybridized carbons (Fsp3) is 0.786. The molecule has 1 N–H and O–H groups in total. The van der Waals surface area contributed by atoms with Gasteiger partial charge in [0.1, 0.15) is 0 Å². The van der Waals surface area contributed by atoms with Crippen molar-refractivity contribution in [1.29, 1.82) is 0 Å². The molecule has 18 heavy (non-hydrogen) atoms. The number of nitrogens with zero attached hydrogens (tertiary/aromatic N) is 3. The molecule has 0 unspecified atom stereocenters. The number of hydrogen-bond donors (Lipinski definition) is 1. The van der Waals surface area contributed by atoms with Gasteiger partial charge in [-0.2, -0.15) is 5.10 Å². The maximum absolute atomic E-state index is 4.45. The van der Waals surface area contributed by atoms with Crippen LogP contribution < -0.4 is 5.32 Å². The minimum Gasteiger partial charge on any atom is -0.317 e. The van der Waals surface area contributed by atoms with Gasteiger partial charge in [-0.05, 0) is 72.4 Å². The molecule has 0 bridgehead atoms.